The van der Waals surface area contributed by atoms with Gasteiger partial charge in [0, 0.05) is 32.3 Å². The number of ether oxygens (including phenoxy) is 1. The van der Waals surface area contributed by atoms with Crippen molar-refractivity contribution in [3.8, 4) is 0 Å². The highest BCUT2D eigenvalue weighted by Crippen LogP contribution is 2.16. The zero-order chi connectivity index (χ0) is 11.1. The summed E-state index contributed by atoms with van der Waals surface area (Å²) in [4.78, 5) is 2.54. The molecule has 1 heterocycles. The second kappa shape index (κ2) is 7.20. The largest absolute Gasteiger partial charge is 0.385 e. The van der Waals surface area contributed by atoms with Crippen LogP contribution in [-0.4, -0.2) is 43.8 Å². The number of nitrogens with zero attached hydrogens (tertiary/aromatic N) is 1. The molecule has 1 aliphatic heterocycles. The molecule has 15 heavy (non-hydrogen) atoms. The Morgan fingerprint density at radius 3 is 2.93 bits per heavy atom. The number of likely N-dealkylation sites (tertiary alicyclic amines) is 1. The Hall–Kier alpha value is -0.120. The van der Waals surface area contributed by atoms with Crippen LogP contribution in [0.2, 0.25) is 0 Å². The van der Waals surface area contributed by atoms with Gasteiger partial charge >= 0.3 is 0 Å². The number of methoxy groups -OCH3 is 1. The maximum Gasteiger partial charge on any atom is 0.0462 e. The van der Waals surface area contributed by atoms with Crippen molar-refractivity contribution in [1.82, 2.24) is 4.90 Å². The van der Waals surface area contributed by atoms with Crippen LogP contribution in [0.15, 0.2) is 0 Å². The third kappa shape index (κ3) is 4.96. The summed E-state index contributed by atoms with van der Waals surface area (Å²) >= 11 is 0. The molecule has 1 rings (SSSR count). The quantitative estimate of drug-likeness (QED) is 0.683. The summed E-state index contributed by atoms with van der Waals surface area (Å²) in [5.74, 6) is 0. The number of hydrogen-bond donors (Lipinski definition) is 1. The van der Waals surface area contributed by atoms with Crippen LogP contribution in [0.5, 0.6) is 0 Å². The zero-order valence-electron chi connectivity index (χ0n) is 10.2. The molecular formula is C12H26N2O. The van der Waals surface area contributed by atoms with E-state index in [2.05, 4.69) is 11.8 Å². The third-order valence-corrected chi connectivity index (χ3v) is 3.33. The van der Waals surface area contributed by atoms with Gasteiger partial charge in [0.05, 0.1) is 0 Å². The number of rotatable bonds is 6. The summed E-state index contributed by atoms with van der Waals surface area (Å²) in [6.45, 7) is 5.45. The van der Waals surface area contributed by atoms with Gasteiger partial charge in [-0.2, -0.15) is 0 Å². The molecule has 0 aromatic rings. The van der Waals surface area contributed by atoms with E-state index in [0.29, 0.717) is 6.04 Å². The van der Waals surface area contributed by atoms with Gasteiger partial charge in [0.25, 0.3) is 0 Å². The lowest BCUT2D eigenvalue weighted by atomic mass is 10.0. The molecule has 0 spiro atoms. The Morgan fingerprint density at radius 2 is 2.27 bits per heavy atom. The highest BCUT2D eigenvalue weighted by atomic mass is 16.5. The van der Waals surface area contributed by atoms with Gasteiger partial charge in [-0.05, 0) is 39.2 Å². The summed E-state index contributed by atoms with van der Waals surface area (Å²) in [6.07, 6.45) is 6.23. The molecule has 1 aliphatic rings. The van der Waals surface area contributed by atoms with E-state index >= 15 is 0 Å². The number of piperidine rings is 1. The van der Waals surface area contributed by atoms with E-state index in [1.54, 1.807) is 7.11 Å². The molecule has 0 aliphatic carbocycles. The minimum Gasteiger partial charge on any atom is -0.385 e. The number of nitrogens with two attached hydrogens (primary N) is 1. The van der Waals surface area contributed by atoms with Crippen LogP contribution in [-0.2, 0) is 4.74 Å². The Bertz CT molecular complexity index is 164. The van der Waals surface area contributed by atoms with Crippen LogP contribution in [0.25, 0.3) is 0 Å². The first-order valence-electron chi connectivity index (χ1n) is 6.22. The Labute approximate surface area is 94.0 Å². The summed E-state index contributed by atoms with van der Waals surface area (Å²) < 4.78 is 5.03. The van der Waals surface area contributed by atoms with E-state index in [4.69, 9.17) is 10.5 Å². The van der Waals surface area contributed by atoms with Crippen LogP contribution < -0.4 is 5.73 Å². The molecule has 3 heteroatoms. The van der Waals surface area contributed by atoms with Gasteiger partial charge in [0.15, 0.2) is 0 Å². The highest BCUT2D eigenvalue weighted by molar-refractivity contribution is 4.77. The first kappa shape index (κ1) is 12.9. The van der Waals surface area contributed by atoms with Crippen LogP contribution in [0, 0.1) is 0 Å². The first-order chi connectivity index (χ1) is 7.24. The SMILES string of the molecule is COCCCC(N)CN1CCCCC1C. The van der Waals surface area contributed by atoms with Crippen molar-refractivity contribution in [3.63, 3.8) is 0 Å². The fourth-order valence-corrected chi connectivity index (χ4v) is 2.31. The molecule has 0 bridgehead atoms. The average molecular weight is 214 g/mol. The molecule has 1 saturated heterocycles. The fraction of sp³-hybridized carbons (Fsp3) is 1.00. The normalized spacial score (nSPS) is 25.4. The van der Waals surface area contributed by atoms with E-state index < -0.39 is 0 Å². The summed E-state index contributed by atoms with van der Waals surface area (Å²) in [5, 5.41) is 0. The molecule has 0 aromatic carbocycles. The fourth-order valence-electron chi connectivity index (χ4n) is 2.31. The van der Waals surface area contributed by atoms with Crippen LogP contribution in [0.1, 0.15) is 39.0 Å². The summed E-state index contributed by atoms with van der Waals surface area (Å²) in [6, 6.07) is 1.05. The topological polar surface area (TPSA) is 38.5 Å². The lowest BCUT2D eigenvalue weighted by molar-refractivity contribution is 0.144. The van der Waals surface area contributed by atoms with E-state index in [-0.39, 0.29) is 0 Å². The molecule has 1 fully saturated rings. The molecule has 2 atom stereocenters. The van der Waals surface area contributed by atoms with Crippen LogP contribution in [0.3, 0.4) is 0 Å². The molecular weight excluding hydrogens is 188 g/mol. The van der Waals surface area contributed by atoms with Crippen molar-refractivity contribution in [2.75, 3.05) is 26.8 Å². The van der Waals surface area contributed by atoms with Crippen molar-refractivity contribution in [3.05, 3.63) is 0 Å². The molecule has 0 aromatic heterocycles. The maximum absolute atomic E-state index is 6.11. The van der Waals surface area contributed by atoms with Gasteiger partial charge in [-0.1, -0.05) is 6.42 Å². The Kier molecular flexibility index (Phi) is 6.22. The van der Waals surface area contributed by atoms with Crippen LogP contribution >= 0.6 is 0 Å². The highest BCUT2D eigenvalue weighted by Gasteiger charge is 2.19. The van der Waals surface area contributed by atoms with Gasteiger partial charge in [0.1, 0.15) is 0 Å². The van der Waals surface area contributed by atoms with E-state index in [0.717, 1.165) is 32.0 Å². The molecule has 0 amide bonds. The third-order valence-electron chi connectivity index (χ3n) is 3.33. The van der Waals surface area contributed by atoms with Crippen molar-refractivity contribution >= 4 is 0 Å². The molecule has 0 radical (unpaired) electrons. The predicted octanol–water partition coefficient (Wildman–Crippen LogP) is 1.61. The minimum atomic E-state index is 0.320. The van der Waals surface area contributed by atoms with Crippen molar-refractivity contribution in [2.24, 2.45) is 5.73 Å². The lowest BCUT2D eigenvalue weighted by Crippen LogP contribution is -2.44. The smallest absolute Gasteiger partial charge is 0.0462 e. The molecule has 0 saturated carbocycles. The average Bonchev–Trinajstić information content (AvgIpc) is 2.22. The van der Waals surface area contributed by atoms with E-state index in [1.165, 1.54) is 25.8 Å². The minimum absolute atomic E-state index is 0.320. The molecule has 90 valence electrons. The summed E-state index contributed by atoms with van der Waals surface area (Å²) in [5.41, 5.74) is 6.11. The molecule has 2 unspecified atom stereocenters. The number of hydrogen-bond acceptors (Lipinski definition) is 3. The monoisotopic (exact) mass is 214 g/mol. The Balaban J connectivity index is 2.15. The Morgan fingerprint density at radius 1 is 1.47 bits per heavy atom. The maximum atomic E-state index is 6.11. The van der Waals surface area contributed by atoms with Crippen LogP contribution in [0.4, 0.5) is 0 Å². The first-order valence-corrected chi connectivity index (χ1v) is 6.22. The summed E-state index contributed by atoms with van der Waals surface area (Å²) in [7, 11) is 1.75. The van der Waals surface area contributed by atoms with Crippen molar-refractivity contribution in [1.29, 1.82) is 0 Å². The lowest BCUT2D eigenvalue weighted by Gasteiger charge is -2.35. The predicted molar refractivity (Wildman–Crippen MR) is 64.0 cm³/mol. The standard InChI is InChI=1S/C12H26N2O/c1-11-6-3-4-8-14(11)10-12(13)7-5-9-15-2/h11-12H,3-10,13H2,1-2H3. The second-order valence-corrected chi connectivity index (χ2v) is 4.73. The van der Waals surface area contributed by atoms with Crippen molar-refractivity contribution < 1.29 is 4.74 Å². The second-order valence-electron chi connectivity index (χ2n) is 4.73. The molecule has 2 N–H and O–H groups in total. The van der Waals surface area contributed by atoms with Gasteiger partial charge in [-0.25, -0.2) is 0 Å². The van der Waals surface area contributed by atoms with Gasteiger partial charge < -0.3 is 10.5 Å². The van der Waals surface area contributed by atoms with E-state index in [9.17, 15) is 0 Å². The van der Waals surface area contributed by atoms with Gasteiger partial charge in [-0.3, -0.25) is 4.90 Å². The molecule has 3 nitrogen and oxygen atoms in total. The van der Waals surface area contributed by atoms with Crippen molar-refractivity contribution in [2.45, 2.75) is 51.1 Å². The van der Waals surface area contributed by atoms with Gasteiger partial charge in [0.2, 0.25) is 0 Å². The van der Waals surface area contributed by atoms with E-state index in [1.807, 2.05) is 0 Å². The zero-order valence-corrected chi connectivity index (χ0v) is 10.2. The van der Waals surface area contributed by atoms with Gasteiger partial charge in [-0.15, -0.1) is 0 Å².